The first kappa shape index (κ1) is 112. The van der Waals surface area contributed by atoms with Crippen molar-refractivity contribution < 1.29 is 142 Å². The lowest BCUT2D eigenvalue weighted by atomic mass is 9.85. The van der Waals surface area contributed by atoms with Crippen molar-refractivity contribution in [3.8, 4) is 11.5 Å². The van der Waals surface area contributed by atoms with E-state index in [0.29, 0.717) is 36.9 Å². The molecule has 40 heteroatoms. The number of urea groups is 1. The van der Waals surface area contributed by atoms with Crippen molar-refractivity contribution in [3.63, 3.8) is 0 Å². The monoisotopic (exact) mass is 1860 g/mol. The van der Waals surface area contributed by atoms with E-state index in [9.17, 15) is 142 Å². The number of aliphatic hydroxyl groups excluding tert-OH is 4. The molecule has 39 nitrogen and oxygen atoms in total. The van der Waals surface area contributed by atoms with E-state index in [1.807, 2.05) is 0 Å². The first-order valence-electron chi connectivity index (χ1n) is 43.8. The van der Waals surface area contributed by atoms with E-state index in [1.165, 1.54) is 48.5 Å². The van der Waals surface area contributed by atoms with Gasteiger partial charge in [0.25, 0.3) is 0 Å². The molecular weight excluding hydrogens is 1730 g/mol. The van der Waals surface area contributed by atoms with Gasteiger partial charge in [0.2, 0.25) is 47.3 Å². The highest BCUT2D eigenvalue weighted by atomic mass is 32.2. The van der Waals surface area contributed by atoms with E-state index >= 15 is 0 Å². The number of aromatic hydroxyl groups is 2. The Morgan fingerprint density at radius 1 is 0.450 bits per heavy atom. The summed E-state index contributed by atoms with van der Waals surface area (Å²) in [6, 6.07) is 9.78. The molecule has 0 radical (unpaired) electrons. The number of carbonyl (C=O) groups is 20. The lowest BCUT2D eigenvalue weighted by Gasteiger charge is -2.28. The van der Waals surface area contributed by atoms with Gasteiger partial charge in [-0.3, -0.25) is 96.0 Å². The van der Waals surface area contributed by atoms with Crippen LogP contribution in [0.4, 0.5) is 4.79 Å². The predicted molar refractivity (Wildman–Crippen MR) is 473 cm³/mol. The van der Waals surface area contributed by atoms with E-state index in [4.69, 9.17) is 5.73 Å². The minimum absolute atomic E-state index is 0.00815. The minimum Gasteiger partial charge on any atom is -0.508 e. The van der Waals surface area contributed by atoms with Crippen LogP contribution in [-0.4, -0.2) is 268 Å². The number of amides is 10. The number of phenols is 2. The van der Waals surface area contributed by atoms with Gasteiger partial charge >= 0.3 is 23.9 Å². The van der Waals surface area contributed by atoms with Crippen molar-refractivity contribution in [3.05, 3.63) is 95.6 Å². The second kappa shape index (κ2) is 57.6. The average Bonchev–Trinajstić information content (AvgIpc) is 1.01. The Bertz CT molecular complexity index is 4400. The van der Waals surface area contributed by atoms with E-state index in [0.717, 1.165) is 30.5 Å². The number of Topliss-reactive ketones (excluding diaryl/α,β-unsaturated/α-hetero) is 8. The van der Waals surface area contributed by atoms with Crippen LogP contribution in [0.3, 0.4) is 0 Å². The van der Waals surface area contributed by atoms with Gasteiger partial charge in [0, 0.05) is 82.2 Å². The molecule has 1 heterocycles. The van der Waals surface area contributed by atoms with Crippen LogP contribution in [0.2, 0.25) is 0 Å². The number of rotatable bonds is 67. The molecule has 0 unspecified atom stereocenters. The number of hydrogen-bond acceptors (Lipinski definition) is 28. The lowest BCUT2D eigenvalue weighted by Crippen LogP contribution is -2.52. The topological polar surface area (TPSA) is 649 Å². The summed E-state index contributed by atoms with van der Waals surface area (Å²) in [6.07, 6.45) is -10.1. The van der Waals surface area contributed by atoms with Crippen molar-refractivity contribution in [2.24, 2.45) is 59.0 Å². The van der Waals surface area contributed by atoms with Crippen molar-refractivity contribution in [2.75, 3.05) is 50.9 Å². The van der Waals surface area contributed by atoms with E-state index < -0.39 is 298 Å². The summed E-state index contributed by atoms with van der Waals surface area (Å²) in [5.74, 6) is -30.7. The summed E-state index contributed by atoms with van der Waals surface area (Å²) in [4.78, 5) is 272. The Hall–Kier alpha value is -11.6. The molecule has 16 atom stereocenters. The SMILES string of the molecule is CC[C@H](C)[C@H](NC(=O)[C@H](CO)CC(=O)[C@H](Cc1ccc(O)cc1)NC(=O)[C@H](CC(=O)O)CC(=O)[C@H](CO)NC(=O)[C@@H](CC(=O)[C@H](Cc1ccccc1)NC(=O)[C@@H](CC(=O)CNC(=O)[C@H](CCC(=O)O)CC(=O)CSCC(=O)CCCN1C(=O)CNC1=O)[C@@H](C)O)[C@@H](C)O)C(=O)C[C@@H](Cc1ccc(O)cc1)C(=O)N[C@@H](CC(C)C)C(=O)C[C@@H](CC(=O)O)C(=O)N[C@H](C)CCCCN. The molecule has 0 bridgehead atoms. The molecule has 10 amide bonds. The molecule has 1 aliphatic heterocycles. The number of phenolic OH excluding ortho intramolecular Hbond substituents is 2. The number of nitrogens with two attached hydrogens (primary N) is 1. The molecular formula is C91H128N10O29S. The molecule has 3 aromatic rings. The maximum Gasteiger partial charge on any atom is 0.324 e. The van der Waals surface area contributed by atoms with Crippen LogP contribution in [0.15, 0.2) is 78.9 Å². The number of thioether (sulfide) groups is 1. The van der Waals surface area contributed by atoms with Gasteiger partial charge in [-0.2, -0.15) is 0 Å². The number of nitrogens with zero attached hydrogens (tertiary/aromatic N) is 1. The first-order chi connectivity index (χ1) is 61.9. The fourth-order valence-corrected chi connectivity index (χ4v) is 15.5. The third-order valence-corrected chi connectivity index (χ3v) is 23.5. The van der Waals surface area contributed by atoms with Crippen LogP contribution in [0.1, 0.15) is 181 Å². The molecule has 0 spiro atoms. The fraction of sp³-hybridized carbons (Fsp3) is 0.582. The molecule has 1 aliphatic rings. The summed E-state index contributed by atoms with van der Waals surface area (Å²) in [7, 11) is 0. The number of unbranched alkanes of at least 4 members (excludes halogenated alkanes) is 1. The van der Waals surface area contributed by atoms with Crippen LogP contribution in [-0.2, 0) is 110 Å². The van der Waals surface area contributed by atoms with Gasteiger partial charge in [0.15, 0.2) is 34.7 Å². The smallest absolute Gasteiger partial charge is 0.324 e. The summed E-state index contributed by atoms with van der Waals surface area (Å²) < 4.78 is 0. The molecule has 19 N–H and O–H groups in total. The van der Waals surface area contributed by atoms with Crippen LogP contribution >= 0.6 is 11.8 Å². The highest BCUT2D eigenvalue weighted by molar-refractivity contribution is 8.00. The summed E-state index contributed by atoms with van der Waals surface area (Å²) in [6.45, 7) is 7.97. The highest BCUT2D eigenvalue weighted by Gasteiger charge is 2.41. The Balaban J connectivity index is 1.53. The second-order valence-corrected chi connectivity index (χ2v) is 34.9. The van der Waals surface area contributed by atoms with Gasteiger partial charge in [-0.05, 0) is 131 Å². The minimum atomic E-state index is -2.00. The second-order valence-electron chi connectivity index (χ2n) is 33.9. The third-order valence-electron chi connectivity index (χ3n) is 22.5. The number of ketones is 8. The molecule has 4 rings (SSSR count). The number of nitrogens with one attached hydrogen (secondary N) is 8. The van der Waals surface area contributed by atoms with Gasteiger partial charge in [-0.1, -0.05) is 95.1 Å². The number of benzene rings is 3. The summed E-state index contributed by atoms with van der Waals surface area (Å²) in [5, 5.41) is 113. The molecule has 1 fully saturated rings. The van der Waals surface area contributed by atoms with Crippen molar-refractivity contribution in [1.29, 1.82) is 0 Å². The maximum absolute atomic E-state index is 14.8. The van der Waals surface area contributed by atoms with Crippen LogP contribution in [0.25, 0.3) is 0 Å². The largest absolute Gasteiger partial charge is 0.508 e. The Kier molecular flexibility index (Phi) is 49.1. The number of hydrogen-bond donors (Lipinski definition) is 18. The number of carboxylic acids is 3. The summed E-state index contributed by atoms with van der Waals surface area (Å²) in [5.41, 5.74) is 6.76. The molecule has 3 aromatic carbocycles. The number of carbonyl (C=O) groups excluding carboxylic acids is 17. The number of aliphatic carboxylic acids is 3. The van der Waals surface area contributed by atoms with Gasteiger partial charge in [0.1, 0.15) is 29.1 Å². The molecule has 722 valence electrons. The van der Waals surface area contributed by atoms with Gasteiger partial charge < -0.3 is 94.2 Å². The highest BCUT2D eigenvalue weighted by Crippen LogP contribution is 2.27. The van der Waals surface area contributed by atoms with E-state index in [1.54, 1.807) is 65.0 Å². The standard InChI is InChI=1S/C91H128N10O29S/c1-8-51(4)83(78(115)38-59(32-56-19-24-63(106)25-20-56)86(125)96-70(31-50(2)3)74(111)36-60(40-81(119)120)85(124)95-52(5)15-12-13-29-92)100-88(127)62(46-102)39-75(112)71(34-57-21-26-64(107)27-22-57)97-87(126)61(41-82(121)122)37-76(113)73(47-103)99-90(129)69(54(7)105)43-77(114)72(33-55-16-10-9-11-17-55)98-89(128)68(53(6)104)42-66(109)44-93-84(123)58(23-28-80(117)118)35-67(110)49-131-48-65(108)18-14-30-101-79(116)45-94-91(101)130/h9-11,16-17,19-22,24-27,50-54,58-62,68-73,83,102-107H,8,12-15,18,23,28-49,92H2,1-7H3,(H,93,123)(H,94,130)(H,95,124)(H,96,125)(H,97,126)(H,98,128)(H,99,129)(H,100,127)(H,117,118)(H,119,120)(H,121,122)/t51-,52+,53+,54+,58+,59+,60-,61-,62-,68-,69-,70-,71-,72-,73-,83-/m0/s1. The quantitative estimate of drug-likeness (QED) is 0.0282. The van der Waals surface area contributed by atoms with Gasteiger partial charge in [-0.25, -0.2) is 4.79 Å². The lowest BCUT2D eigenvalue weighted by molar-refractivity contribution is -0.143. The van der Waals surface area contributed by atoms with Crippen LogP contribution < -0.4 is 48.3 Å². The number of imide groups is 1. The van der Waals surface area contributed by atoms with Crippen molar-refractivity contribution >= 4 is 129 Å². The van der Waals surface area contributed by atoms with Gasteiger partial charge in [-0.15, -0.1) is 11.8 Å². The Labute approximate surface area is 763 Å². The average molecular weight is 1860 g/mol. The van der Waals surface area contributed by atoms with E-state index in [-0.39, 0.29) is 98.3 Å². The predicted octanol–water partition coefficient (Wildman–Crippen LogP) is 1.61. The first-order valence-corrected chi connectivity index (χ1v) is 45.0. The van der Waals surface area contributed by atoms with E-state index in [2.05, 4.69) is 42.5 Å². The normalized spacial score (nSPS) is 15.6. The molecule has 0 aliphatic carbocycles. The Morgan fingerprint density at radius 2 is 0.924 bits per heavy atom. The zero-order valence-corrected chi connectivity index (χ0v) is 75.8. The number of carboxylic acid groups (broad SMARTS) is 3. The molecule has 131 heavy (non-hydrogen) atoms. The van der Waals surface area contributed by atoms with Crippen molar-refractivity contribution in [2.45, 2.75) is 232 Å². The van der Waals surface area contributed by atoms with Gasteiger partial charge in [0.05, 0.1) is 117 Å². The van der Waals surface area contributed by atoms with Crippen LogP contribution in [0, 0.1) is 53.3 Å². The fourth-order valence-electron chi connectivity index (χ4n) is 14.7. The zero-order valence-electron chi connectivity index (χ0n) is 74.9. The number of aliphatic hydroxyl groups is 4. The maximum atomic E-state index is 14.8. The Morgan fingerprint density at radius 3 is 1.44 bits per heavy atom. The van der Waals surface area contributed by atoms with Crippen LogP contribution in [0.5, 0.6) is 11.5 Å². The molecule has 0 saturated carbocycles. The summed E-state index contributed by atoms with van der Waals surface area (Å²) >= 11 is 0.927. The van der Waals surface area contributed by atoms with Crippen molar-refractivity contribution in [1.82, 2.24) is 47.4 Å². The molecule has 0 aromatic heterocycles. The molecule has 1 saturated heterocycles. The zero-order chi connectivity index (χ0) is 97.9. The third kappa shape index (κ3) is 40.8.